The average Bonchev–Trinajstić information content (AvgIpc) is 2.74. The SMILES string of the molecule is CCOc1ccc(CNC(=NC)NCC(CC(C)C)N2CCOCC2)cc1OC. The molecular formula is C22H38N4O3. The summed E-state index contributed by atoms with van der Waals surface area (Å²) < 4.78 is 16.5. The van der Waals surface area contributed by atoms with Gasteiger partial charge in [-0.2, -0.15) is 0 Å². The first-order valence-electron chi connectivity index (χ1n) is 10.6. The Kier molecular flexibility index (Phi) is 10.1. The Labute approximate surface area is 175 Å². The molecule has 0 spiro atoms. The van der Waals surface area contributed by atoms with Crippen LogP contribution in [-0.2, 0) is 11.3 Å². The minimum absolute atomic E-state index is 0.475. The summed E-state index contributed by atoms with van der Waals surface area (Å²) in [7, 11) is 3.47. The lowest BCUT2D eigenvalue weighted by atomic mass is 10.0. The molecule has 0 radical (unpaired) electrons. The number of methoxy groups -OCH3 is 1. The van der Waals surface area contributed by atoms with Crippen molar-refractivity contribution in [1.82, 2.24) is 15.5 Å². The van der Waals surface area contributed by atoms with Gasteiger partial charge in [0.15, 0.2) is 17.5 Å². The molecule has 1 aliphatic rings. The summed E-state index contributed by atoms with van der Waals surface area (Å²) in [6, 6.07) is 6.47. The van der Waals surface area contributed by atoms with Crippen molar-refractivity contribution in [2.45, 2.75) is 39.8 Å². The van der Waals surface area contributed by atoms with Crippen molar-refractivity contribution in [3.8, 4) is 11.5 Å². The molecule has 7 nitrogen and oxygen atoms in total. The molecule has 1 atom stereocenters. The predicted molar refractivity (Wildman–Crippen MR) is 118 cm³/mol. The number of rotatable bonds is 10. The summed E-state index contributed by atoms with van der Waals surface area (Å²) in [5.41, 5.74) is 1.11. The van der Waals surface area contributed by atoms with Gasteiger partial charge in [0.05, 0.1) is 26.9 Å². The molecule has 0 aromatic heterocycles. The fourth-order valence-corrected chi connectivity index (χ4v) is 3.57. The van der Waals surface area contributed by atoms with E-state index in [2.05, 4.69) is 34.4 Å². The second-order valence-electron chi connectivity index (χ2n) is 7.66. The van der Waals surface area contributed by atoms with Crippen LogP contribution in [0.15, 0.2) is 23.2 Å². The monoisotopic (exact) mass is 406 g/mol. The number of hydrogen-bond donors (Lipinski definition) is 2. The van der Waals surface area contributed by atoms with Gasteiger partial charge < -0.3 is 24.8 Å². The fourth-order valence-electron chi connectivity index (χ4n) is 3.57. The van der Waals surface area contributed by atoms with E-state index < -0.39 is 0 Å². The van der Waals surface area contributed by atoms with Crippen LogP contribution < -0.4 is 20.1 Å². The zero-order valence-corrected chi connectivity index (χ0v) is 18.7. The highest BCUT2D eigenvalue weighted by Gasteiger charge is 2.22. The van der Waals surface area contributed by atoms with Crippen molar-refractivity contribution in [2.24, 2.45) is 10.9 Å². The number of nitrogens with one attached hydrogen (secondary N) is 2. The Bertz CT molecular complexity index is 630. The minimum Gasteiger partial charge on any atom is -0.493 e. The Hall–Kier alpha value is -1.99. The number of benzene rings is 1. The highest BCUT2D eigenvalue weighted by molar-refractivity contribution is 5.79. The van der Waals surface area contributed by atoms with E-state index in [1.54, 1.807) is 14.2 Å². The summed E-state index contributed by atoms with van der Waals surface area (Å²) in [5.74, 6) is 2.97. The molecule has 2 rings (SSSR count). The van der Waals surface area contributed by atoms with Crippen molar-refractivity contribution >= 4 is 5.96 Å². The van der Waals surface area contributed by atoms with Gasteiger partial charge in [-0.25, -0.2) is 0 Å². The number of morpholine rings is 1. The molecule has 1 unspecified atom stereocenters. The smallest absolute Gasteiger partial charge is 0.191 e. The first-order chi connectivity index (χ1) is 14.1. The van der Waals surface area contributed by atoms with Gasteiger partial charge in [0.1, 0.15) is 0 Å². The highest BCUT2D eigenvalue weighted by Crippen LogP contribution is 2.27. The second-order valence-corrected chi connectivity index (χ2v) is 7.66. The topological polar surface area (TPSA) is 67.4 Å². The van der Waals surface area contributed by atoms with Crippen LogP contribution in [0.4, 0.5) is 0 Å². The molecule has 1 saturated heterocycles. The van der Waals surface area contributed by atoms with Gasteiger partial charge in [0.2, 0.25) is 0 Å². The summed E-state index contributed by atoms with van der Waals surface area (Å²) in [5, 5.41) is 6.90. The summed E-state index contributed by atoms with van der Waals surface area (Å²) >= 11 is 0. The third-order valence-corrected chi connectivity index (χ3v) is 5.02. The Morgan fingerprint density at radius 2 is 1.97 bits per heavy atom. The van der Waals surface area contributed by atoms with Crippen LogP contribution in [0, 0.1) is 5.92 Å². The maximum Gasteiger partial charge on any atom is 0.191 e. The molecule has 1 aromatic carbocycles. The van der Waals surface area contributed by atoms with E-state index in [-0.39, 0.29) is 0 Å². The van der Waals surface area contributed by atoms with Crippen molar-refractivity contribution in [3.05, 3.63) is 23.8 Å². The molecule has 1 aromatic rings. The maximum absolute atomic E-state index is 5.59. The van der Waals surface area contributed by atoms with Gasteiger partial charge in [-0.3, -0.25) is 9.89 Å². The molecule has 0 saturated carbocycles. The number of aliphatic imine (C=N–C) groups is 1. The van der Waals surface area contributed by atoms with Crippen molar-refractivity contribution in [3.63, 3.8) is 0 Å². The molecule has 29 heavy (non-hydrogen) atoms. The number of nitrogens with zero attached hydrogens (tertiary/aromatic N) is 2. The fraction of sp³-hybridized carbons (Fsp3) is 0.682. The summed E-state index contributed by atoms with van der Waals surface area (Å²) in [4.78, 5) is 6.91. The van der Waals surface area contributed by atoms with Crippen molar-refractivity contribution in [2.75, 3.05) is 53.6 Å². The normalized spacial score (nSPS) is 16.6. The summed E-state index contributed by atoms with van der Waals surface area (Å²) in [6.45, 7) is 12.3. The quantitative estimate of drug-likeness (QED) is 0.460. The number of ether oxygens (including phenoxy) is 3. The van der Waals surface area contributed by atoms with Crippen LogP contribution in [0.3, 0.4) is 0 Å². The minimum atomic E-state index is 0.475. The first-order valence-corrected chi connectivity index (χ1v) is 10.6. The lowest BCUT2D eigenvalue weighted by molar-refractivity contribution is 0.0132. The Balaban J connectivity index is 1.90. The second kappa shape index (κ2) is 12.5. The average molecular weight is 407 g/mol. The predicted octanol–water partition coefficient (Wildman–Crippen LogP) is 2.51. The first kappa shape index (κ1) is 23.3. The summed E-state index contributed by atoms with van der Waals surface area (Å²) in [6.07, 6.45) is 1.15. The molecule has 1 fully saturated rings. The van der Waals surface area contributed by atoms with Crippen molar-refractivity contribution in [1.29, 1.82) is 0 Å². The molecular weight excluding hydrogens is 368 g/mol. The Morgan fingerprint density at radius 3 is 2.59 bits per heavy atom. The van der Waals surface area contributed by atoms with E-state index in [1.165, 1.54) is 0 Å². The van der Waals surface area contributed by atoms with Gasteiger partial charge in [-0.15, -0.1) is 0 Å². The lowest BCUT2D eigenvalue weighted by Crippen LogP contribution is -2.50. The van der Waals surface area contributed by atoms with E-state index in [1.807, 2.05) is 25.1 Å². The van der Waals surface area contributed by atoms with Crippen LogP contribution in [-0.4, -0.2) is 70.5 Å². The van der Waals surface area contributed by atoms with Gasteiger partial charge in [0, 0.05) is 39.3 Å². The van der Waals surface area contributed by atoms with Crippen LogP contribution in [0.5, 0.6) is 11.5 Å². The number of guanidine groups is 1. The lowest BCUT2D eigenvalue weighted by Gasteiger charge is -2.35. The molecule has 0 amide bonds. The molecule has 0 bridgehead atoms. The van der Waals surface area contributed by atoms with Gasteiger partial charge in [-0.05, 0) is 37.0 Å². The van der Waals surface area contributed by atoms with Gasteiger partial charge >= 0.3 is 0 Å². The van der Waals surface area contributed by atoms with E-state index in [4.69, 9.17) is 14.2 Å². The van der Waals surface area contributed by atoms with Crippen LogP contribution in [0.2, 0.25) is 0 Å². The van der Waals surface area contributed by atoms with E-state index in [9.17, 15) is 0 Å². The number of hydrogen-bond acceptors (Lipinski definition) is 5. The maximum atomic E-state index is 5.59. The van der Waals surface area contributed by atoms with Gasteiger partial charge in [-0.1, -0.05) is 19.9 Å². The molecule has 0 aliphatic carbocycles. The zero-order valence-electron chi connectivity index (χ0n) is 18.7. The van der Waals surface area contributed by atoms with E-state index in [0.717, 1.165) is 62.3 Å². The van der Waals surface area contributed by atoms with Crippen molar-refractivity contribution < 1.29 is 14.2 Å². The third kappa shape index (κ3) is 7.74. The largest absolute Gasteiger partial charge is 0.493 e. The van der Waals surface area contributed by atoms with E-state index >= 15 is 0 Å². The molecule has 2 N–H and O–H groups in total. The van der Waals surface area contributed by atoms with Crippen LogP contribution in [0.25, 0.3) is 0 Å². The van der Waals surface area contributed by atoms with Crippen LogP contribution in [0.1, 0.15) is 32.8 Å². The highest BCUT2D eigenvalue weighted by atomic mass is 16.5. The molecule has 1 heterocycles. The standard InChI is InChI=1S/C22H38N4O3/c1-6-29-20-8-7-18(14-21(20)27-5)15-24-22(23-4)25-16-19(13-17(2)3)26-9-11-28-12-10-26/h7-8,14,17,19H,6,9-13,15-16H2,1-5H3,(H2,23,24,25). The molecule has 164 valence electrons. The molecule has 7 heteroatoms. The van der Waals surface area contributed by atoms with Crippen LogP contribution >= 0.6 is 0 Å². The van der Waals surface area contributed by atoms with Gasteiger partial charge in [0.25, 0.3) is 0 Å². The third-order valence-electron chi connectivity index (χ3n) is 5.02. The molecule has 1 aliphatic heterocycles. The Morgan fingerprint density at radius 1 is 1.21 bits per heavy atom. The zero-order chi connectivity index (χ0) is 21.1. The van der Waals surface area contributed by atoms with E-state index in [0.29, 0.717) is 25.1 Å².